The van der Waals surface area contributed by atoms with E-state index >= 15 is 0 Å². The first-order valence-electron chi connectivity index (χ1n) is 8.86. The van der Waals surface area contributed by atoms with E-state index in [0.717, 1.165) is 24.5 Å². The van der Waals surface area contributed by atoms with Crippen molar-refractivity contribution in [3.8, 4) is 5.75 Å². The second kappa shape index (κ2) is 8.89. The maximum atomic E-state index is 5.61. The number of hydrogen-bond donors (Lipinski definition) is 1. The van der Waals surface area contributed by atoms with Gasteiger partial charge < -0.3 is 19.4 Å². The lowest BCUT2D eigenvalue weighted by Crippen LogP contribution is -2.21. The average Bonchev–Trinajstić information content (AvgIpc) is 3.15. The van der Waals surface area contributed by atoms with Gasteiger partial charge in [0, 0.05) is 24.5 Å². The summed E-state index contributed by atoms with van der Waals surface area (Å²) in [6.45, 7) is 7.05. The molecular formula is C20H24N4O2. The van der Waals surface area contributed by atoms with Gasteiger partial charge in [-0.15, -0.1) is 10.2 Å². The highest BCUT2D eigenvalue weighted by atomic mass is 16.5. The number of aromatic nitrogens is 2. The third-order valence-electron chi connectivity index (χ3n) is 4.05. The van der Waals surface area contributed by atoms with Crippen LogP contribution in [0.3, 0.4) is 0 Å². The number of ether oxygens (including phenoxy) is 1. The molecule has 0 spiro atoms. The first kappa shape index (κ1) is 17.8. The van der Waals surface area contributed by atoms with Crippen LogP contribution in [0.15, 0.2) is 59.0 Å². The molecule has 0 atom stereocenters. The van der Waals surface area contributed by atoms with Crippen molar-refractivity contribution in [2.75, 3.05) is 23.3 Å². The SMILES string of the molecule is CCN(CC)c1ccc(NCc2nnc(COc3ccccc3)o2)cc1. The van der Waals surface area contributed by atoms with Crippen molar-refractivity contribution in [1.29, 1.82) is 0 Å². The standard InChI is InChI=1S/C20H24N4O2/c1-3-24(4-2)17-12-10-16(11-13-17)21-14-19-22-23-20(26-19)15-25-18-8-6-5-7-9-18/h5-13,21H,3-4,14-15H2,1-2H3. The number of para-hydroxylation sites is 1. The Morgan fingerprint density at radius 1 is 0.923 bits per heavy atom. The minimum absolute atomic E-state index is 0.260. The fraction of sp³-hybridized carbons (Fsp3) is 0.300. The number of hydrogen-bond acceptors (Lipinski definition) is 6. The summed E-state index contributed by atoms with van der Waals surface area (Å²) in [4.78, 5) is 2.31. The molecule has 0 amide bonds. The molecule has 26 heavy (non-hydrogen) atoms. The monoisotopic (exact) mass is 352 g/mol. The largest absolute Gasteiger partial charge is 0.484 e. The van der Waals surface area contributed by atoms with Crippen LogP contribution in [0.2, 0.25) is 0 Å². The molecule has 3 aromatic rings. The summed E-state index contributed by atoms with van der Waals surface area (Å²) in [6.07, 6.45) is 0. The molecule has 6 nitrogen and oxygen atoms in total. The highest BCUT2D eigenvalue weighted by Gasteiger charge is 2.07. The van der Waals surface area contributed by atoms with E-state index < -0.39 is 0 Å². The van der Waals surface area contributed by atoms with Crippen LogP contribution in [-0.2, 0) is 13.2 Å². The predicted octanol–water partition coefficient (Wildman–Crippen LogP) is 4.11. The van der Waals surface area contributed by atoms with E-state index in [-0.39, 0.29) is 6.61 Å². The number of anilines is 2. The van der Waals surface area contributed by atoms with Crippen molar-refractivity contribution in [3.63, 3.8) is 0 Å². The molecule has 6 heteroatoms. The van der Waals surface area contributed by atoms with E-state index in [0.29, 0.717) is 18.3 Å². The lowest BCUT2D eigenvalue weighted by Gasteiger charge is -2.21. The molecule has 1 aromatic heterocycles. The summed E-state index contributed by atoms with van der Waals surface area (Å²) in [6, 6.07) is 17.9. The summed E-state index contributed by atoms with van der Waals surface area (Å²) in [5, 5.41) is 11.4. The smallest absolute Gasteiger partial charge is 0.253 e. The van der Waals surface area contributed by atoms with Gasteiger partial charge in [-0.2, -0.15) is 0 Å². The molecule has 1 N–H and O–H groups in total. The zero-order valence-electron chi connectivity index (χ0n) is 15.2. The Kier molecular flexibility index (Phi) is 6.09. The summed E-state index contributed by atoms with van der Waals surface area (Å²) >= 11 is 0. The van der Waals surface area contributed by atoms with Gasteiger partial charge in [-0.25, -0.2) is 0 Å². The second-order valence-corrected chi connectivity index (χ2v) is 5.76. The van der Waals surface area contributed by atoms with Crippen molar-refractivity contribution in [2.45, 2.75) is 27.0 Å². The van der Waals surface area contributed by atoms with Crippen LogP contribution in [0.25, 0.3) is 0 Å². The fourth-order valence-corrected chi connectivity index (χ4v) is 2.64. The van der Waals surface area contributed by atoms with Gasteiger partial charge in [-0.1, -0.05) is 18.2 Å². The van der Waals surface area contributed by atoms with Gasteiger partial charge in [0.15, 0.2) is 6.61 Å². The van der Waals surface area contributed by atoms with Crippen LogP contribution in [0, 0.1) is 0 Å². The minimum Gasteiger partial charge on any atom is -0.484 e. The third-order valence-corrected chi connectivity index (χ3v) is 4.05. The minimum atomic E-state index is 0.260. The molecule has 3 rings (SSSR count). The number of nitrogens with zero attached hydrogens (tertiary/aromatic N) is 3. The molecule has 2 aromatic carbocycles. The molecular weight excluding hydrogens is 328 g/mol. The number of rotatable bonds is 9. The fourth-order valence-electron chi connectivity index (χ4n) is 2.64. The van der Waals surface area contributed by atoms with Crippen LogP contribution >= 0.6 is 0 Å². The van der Waals surface area contributed by atoms with Gasteiger partial charge in [0.2, 0.25) is 5.89 Å². The first-order valence-corrected chi connectivity index (χ1v) is 8.86. The Hall–Kier alpha value is -3.02. The van der Waals surface area contributed by atoms with Gasteiger partial charge in [0.05, 0.1) is 6.54 Å². The summed E-state index contributed by atoms with van der Waals surface area (Å²) in [5.74, 6) is 1.77. The van der Waals surface area contributed by atoms with Crippen molar-refractivity contribution in [1.82, 2.24) is 10.2 Å². The summed E-state index contributed by atoms with van der Waals surface area (Å²) in [7, 11) is 0. The van der Waals surface area contributed by atoms with Crippen molar-refractivity contribution in [3.05, 3.63) is 66.4 Å². The van der Waals surface area contributed by atoms with E-state index in [4.69, 9.17) is 9.15 Å². The van der Waals surface area contributed by atoms with Gasteiger partial charge >= 0.3 is 0 Å². The van der Waals surface area contributed by atoms with Crippen molar-refractivity contribution < 1.29 is 9.15 Å². The predicted molar refractivity (Wildman–Crippen MR) is 102 cm³/mol. The van der Waals surface area contributed by atoms with E-state index in [1.807, 2.05) is 30.3 Å². The van der Waals surface area contributed by atoms with Crippen molar-refractivity contribution >= 4 is 11.4 Å². The topological polar surface area (TPSA) is 63.4 Å². The Morgan fingerprint density at radius 3 is 2.31 bits per heavy atom. The maximum Gasteiger partial charge on any atom is 0.253 e. The van der Waals surface area contributed by atoms with E-state index in [2.05, 4.69) is 58.5 Å². The lowest BCUT2D eigenvalue weighted by molar-refractivity contribution is 0.259. The molecule has 0 radical (unpaired) electrons. The van der Waals surface area contributed by atoms with E-state index in [1.165, 1.54) is 5.69 Å². The molecule has 1 heterocycles. The quantitative estimate of drug-likeness (QED) is 0.625. The van der Waals surface area contributed by atoms with Crippen molar-refractivity contribution in [2.24, 2.45) is 0 Å². The molecule has 0 aliphatic carbocycles. The molecule has 0 aliphatic rings. The van der Waals surface area contributed by atoms with Gasteiger partial charge in [0.1, 0.15) is 5.75 Å². The number of nitrogens with one attached hydrogen (secondary N) is 1. The molecule has 136 valence electrons. The lowest BCUT2D eigenvalue weighted by atomic mass is 10.2. The second-order valence-electron chi connectivity index (χ2n) is 5.76. The van der Waals surface area contributed by atoms with Crippen LogP contribution in [0.4, 0.5) is 11.4 Å². The zero-order valence-corrected chi connectivity index (χ0v) is 15.2. The van der Waals surface area contributed by atoms with Gasteiger partial charge in [-0.3, -0.25) is 0 Å². The average molecular weight is 352 g/mol. The normalized spacial score (nSPS) is 10.5. The highest BCUT2D eigenvalue weighted by Crippen LogP contribution is 2.18. The molecule has 0 saturated carbocycles. The van der Waals surface area contributed by atoms with E-state index in [1.54, 1.807) is 0 Å². The molecule has 0 bridgehead atoms. The Labute approximate surface area is 153 Å². The molecule has 0 saturated heterocycles. The highest BCUT2D eigenvalue weighted by molar-refractivity contribution is 5.55. The first-order chi connectivity index (χ1) is 12.8. The maximum absolute atomic E-state index is 5.61. The molecule has 0 aliphatic heterocycles. The molecule has 0 fully saturated rings. The summed E-state index contributed by atoms with van der Waals surface area (Å²) < 4.78 is 11.2. The zero-order chi connectivity index (χ0) is 18.2. The number of benzene rings is 2. The van der Waals surface area contributed by atoms with E-state index in [9.17, 15) is 0 Å². The Morgan fingerprint density at radius 2 is 1.62 bits per heavy atom. The third kappa shape index (κ3) is 4.75. The van der Waals surface area contributed by atoms with Crippen LogP contribution < -0.4 is 15.0 Å². The van der Waals surface area contributed by atoms with Gasteiger partial charge in [-0.05, 0) is 50.2 Å². The summed E-state index contributed by atoms with van der Waals surface area (Å²) in [5.41, 5.74) is 2.24. The van der Waals surface area contributed by atoms with Gasteiger partial charge in [0.25, 0.3) is 5.89 Å². The Bertz CT molecular complexity index is 783. The van der Waals surface area contributed by atoms with Crippen LogP contribution in [0.1, 0.15) is 25.6 Å². The van der Waals surface area contributed by atoms with Crippen LogP contribution in [0.5, 0.6) is 5.75 Å². The Balaban J connectivity index is 1.50. The van der Waals surface area contributed by atoms with Crippen LogP contribution in [-0.4, -0.2) is 23.3 Å². The molecule has 0 unspecified atom stereocenters.